The van der Waals surface area contributed by atoms with Crippen LogP contribution in [0.1, 0.15) is 100 Å². The Morgan fingerprint density at radius 3 is 2.33 bits per heavy atom. The van der Waals surface area contributed by atoms with Crippen molar-refractivity contribution in [1.82, 2.24) is 5.32 Å². The fraction of sp³-hybridized carbons (Fsp3) is 0.688. The molecule has 0 aromatic carbocycles. The van der Waals surface area contributed by atoms with Gasteiger partial charge < -0.3 is 10.4 Å². The minimum absolute atomic E-state index is 0.0139. The number of nitrogens with one attached hydrogen (secondary N) is 1. The van der Waals surface area contributed by atoms with E-state index in [-0.39, 0.29) is 50.6 Å². The summed E-state index contributed by atoms with van der Waals surface area (Å²) < 4.78 is 0. The van der Waals surface area contributed by atoms with Crippen molar-refractivity contribution >= 4 is 11.7 Å². The quantitative estimate of drug-likeness (QED) is 0.431. The van der Waals surface area contributed by atoms with Gasteiger partial charge in [0.05, 0.1) is 0 Å². The van der Waals surface area contributed by atoms with Gasteiger partial charge in [-0.05, 0) is 105 Å². The Morgan fingerprint density at radius 2 is 1.67 bits per heavy atom. The van der Waals surface area contributed by atoms with E-state index in [1.807, 2.05) is 20.8 Å². The molecule has 0 aliphatic heterocycles. The van der Waals surface area contributed by atoms with Crippen LogP contribution in [-0.4, -0.2) is 22.8 Å². The van der Waals surface area contributed by atoms with Gasteiger partial charge in [-0.25, -0.2) is 0 Å². The van der Waals surface area contributed by atoms with E-state index in [0.29, 0.717) is 11.5 Å². The fourth-order valence-corrected chi connectivity index (χ4v) is 9.10. The van der Waals surface area contributed by atoms with Crippen LogP contribution in [0.25, 0.3) is 0 Å². The highest BCUT2D eigenvalue weighted by atomic mass is 16.3. The predicted octanol–water partition coefficient (Wildman–Crippen LogP) is 7.14. The lowest BCUT2D eigenvalue weighted by Gasteiger charge is -2.70. The number of ketones is 1. The Bertz CT molecular complexity index is 1170. The first-order chi connectivity index (χ1) is 16.6. The molecule has 0 bridgehead atoms. The first kappa shape index (κ1) is 25.5. The number of hydrogen-bond donors (Lipinski definition) is 2. The maximum absolute atomic E-state index is 13.4. The molecule has 0 aromatic rings. The third-order valence-corrected chi connectivity index (χ3v) is 11.8. The third-order valence-electron chi connectivity index (χ3n) is 11.8. The highest BCUT2D eigenvalue weighted by molar-refractivity contribution is 6.06. The number of allylic oxidation sites excluding steroid dienone is 7. The number of carbonyl (C=O) groups is 2. The molecule has 4 nitrogen and oxygen atoms in total. The highest BCUT2D eigenvalue weighted by Gasteiger charge is 2.67. The van der Waals surface area contributed by atoms with Crippen LogP contribution >= 0.6 is 0 Å². The SMILES string of the molecule is CC1=C(O)C(=O)C=C2C1=CC=C1[C@@]2(C)CC[C@@]2(C)[C@@H]3C[C@](C)(C(=O)NC(C)C)CC[C@]3(C)CC[C@]12C. The molecule has 2 N–H and O–H groups in total. The van der Waals surface area contributed by atoms with E-state index < -0.39 is 0 Å². The summed E-state index contributed by atoms with van der Waals surface area (Å²) >= 11 is 0. The van der Waals surface area contributed by atoms with E-state index in [2.05, 4.69) is 52.1 Å². The molecule has 0 heterocycles. The van der Waals surface area contributed by atoms with Gasteiger partial charge in [0.1, 0.15) is 0 Å². The molecule has 0 radical (unpaired) electrons. The molecule has 1 amide bonds. The first-order valence-electron chi connectivity index (χ1n) is 14.0. The standard InChI is InChI=1S/C32H45NO3/c1-19(2)33-27(36)29(5)12-11-28(4)13-15-31(7)24-10-9-21-20(3)26(35)23(34)17-22(21)30(24,6)14-16-32(31,8)25(28)18-29/h9-10,17,19,25,35H,11-16,18H2,1-8H3,(H,33,36)/t25-,28-,29-,30+,31-,32+/m1/s1. The number of carbonyl (C=O) groups excluding carboxylic acids is 2. The van der Waals surface area contributed by atoms with E-state index in [9.17, 15) is 14.7 Å². The molecule has 5 aliphatic rings. The average Bonchev–Trinajstić information content (AvgIpc) is 2.80. The molecule has 0 saturated heterocycles. The normalized spacial score (nSPS) is 44.0. The molecule has 5 aliphatic carbocycles. The second-order valence-electron chi connectivity index (χ2n) is 14.2. The zero-order valence-electron chi connectivity index (χ0n) is 23.6. The summed E-state index contributed by atoms with van der Waals surface area (Å²) in [5, 5.41) is 13.6. The summed E-state index contributed by atoms with van der Waals surface area (Å²) in [6.45, 7) is 17.9. The Kier molecular flexibility index (Phi) is 5.47. The number of hydrogen-bond acceptors (Lipinski definition) is 3. The minimum atomic E-state index is -0.331. The van der Waals surface area contributed by atoms with Crippen molar-refractivity contribution in [3.05, 3.63) is 46.3 Å². The smallest absolute Gasteiger partial charge is 0.226 e. The predicted molar refractivity (Wildman–Crippen MR) is 144 cm³/mol. The maximum Gasteiger partial charge on any atom is 0.226 e. The summed E-state index contributed by atoms with van der Waals surface area (Å²) in [5.41, 5.74) is 4.01. The van der Waals surface area contributed by atoms with Crippen molar-refractivity contribution in [3.8, 4) is 0 Å². The summed E-state index contributed by atoms with van der Waals surface area (Å²) in [4.78, 5) is 26.1. The van der Waals surface area contributed by atoms with E-state index in [0.717, 1.165) is 49.7 Å². The molecule has 196 valence electrons. The van der Waals surface area contributed by atoms with Crippen LogP contribution in [-0.2, 0) is 9.59 Å². The van der Waals surface area contributed by atoms with Crippen LogP contribution in [0.15, 0.2) is 46.3 Å². The molecule has 6 atom stereocenters. The largest absolute Gasteiger partial charge is 0.504 e. The van der Waals surface area contributed by atoms with Crippen LogP contribution < -0.4 is 5.32 Å². The first-order valence-corrected chi connectivity index (χ1v) is 14.0. The molecule has 5 rings (SSSR count). The van der Waals surface area contributed by atoms with E-state index in [1.165, 1.54) is 12.0 Å². The molecule has 3 fully saturated rings. The molecule has 36 heavy (non-hydrogen) atoms. The molecular weight excluding hydrogens is 446 g/mol. The Hall–Kier alpha value is -2.10. The average molecular weight is 492 g/mol. The zero-order valence-corrected chi connectivity index (χ0v) is 23.6. The maximum atomic E-state index is 13.4. The minimum Gasteiger partial charge on any atom is -0.504 e. The highest BCUT2D eigenvalue weighted by Crippen LogP contribution is 2.75. The Balaban J connectivity index is 1.59. The van der Waals surface area contributed by atoms with E-state index in [4.69, 9.17) is 0 Å². The topological polar surface area (TPSA) is 66.4 Å². The fourth-order valence-electron chi connectivity index (χ4n) is 9.10. The van der Waals surface area contributed by atoms with Crippen molar-refractivity contribution < 1.29 is 14.7 Å². The van der Waals surface area contributed by atoms with Gasteiger partial charge in [-0.15, -0.1) is 0 Å². The lowest BCUT2D eigenvalue weighted by molar-refractivity contribution is -0.169. The van der Waals surface area contributed by atoms with Gasteiger partial charge in [-0.1, -0.05) is 52.3 Å². The Labute approximate surface area is 217 Å². The van der Waals surface area contributed by atoms with Gasteiger partial charge in [-0.3, -0.25) is 9.59 Å². The number of aliphatic hydroxyl groups excluding tert-OH is 1. The second kappa shape index (κ2) is 7.71. The third kappa shape index (κ3) is 3.18. The lowest BCUT2D eigenvalue weighted by atomic mass is 9.34. The van der Waals surface area contributed by atoms with Gasteiger partial charge in [0.15, 0.2) is 5.76 Å². The second-order valence-corrected chi connectivity index (χ2v) is 14.2. The van der Waals surface area contributed by atoms with Crippen LogP contribution in [0.5, 0.6) is 0 Å². The molecule has 4 heteroatoms. The molecule has 0 unspecified atom stereocenters. The van der Waals surface area contributed by atoms with Gasteiger partial charge in [0.25, 0.3) is 0 Å². The zero-order chi connectivity index (χ0) is 26.5. The number of fused-ring (bicyclic) bond motifs is 7. The van der Waals surface area contributed by atoms with Gasteiger partial charge in [-0.2, -0.15) is 0 Å². The Morgan fingerprint density at radius 1 is 1.00 bits per heavy atom. The van der Waals surface area contributed by atoms with Crippen LogP contribution in [0, 0.1) is 33.0 Å². The van der Waals surface area contributed by atoms with E-state index in [1.54, 1.807) is 6.08 Å². The monoisotopic (exact) mass is 491 g/mol. The van der Waals surface area contributed by atoms with Crippen LogP contribution in [0.3, 0.4) is 0 Å². The van der Waals surface area contributed by atoms with Crippen molar-refractivity contribution in [1.29, 1.82) is 0 Å². The van der Waals surface area contributed by atoms with E-state index >= 15 is 0 Å². The van der Waals surface area contributed by atoms with Gasteiger partial charge in [0, 0.05) is 22.4 Å². The number of rotatable bonds is 2. The van der Waals surface area contributed by atoms with Gasteiger partial charge in [0.2, 0.25) is 11.7 Å². The molecule has 0 aromatic heterocycles. The summed E-state index contributed by atoms with van der Waals surface area (Å²) in [6.07, 6.45) is 13.6. The van der Waals surface area contributed by atoms with Crippen LogP contribution in [0.2, 0.25) is 0 Å². The van der Waals surface area contributed by atoms with Crippen molar-refractivity contribution in [3.63, 3.8) is 0 Å². The van der Waals surface area contributed by atoms with Crippen molar-refractivity contribution in [2.24, 2.45) is 33.0 Å². The number of aliphatic hydroxyl groups is 1. The lowest BCUT2D eigenvalue weighted by Crippen LogP contribution is -2.62. The summed E-state index contributed by atoms with van der Waals surface area (Å²) in [5.74, 6) is 0.292. The summed E-state index contributed by atoms with van der Waals surface area (Å²) in [7, 11) is 0. The molecule has 0 spiro atoms. The summed E-state index contributed by atoms with van der Waals surface area (Å²) in [6, 6.07) is 0.155. The molecule has 3 saturated carbocycles. The van der Waals surface area contributed by atoms with Crippen molar-refractivity contribution in [2.75, 3.05) is 0 Å². The van der Waals surface area contributed by atoms with Crippen molar-refractivity contribution in [2.45, 2.75) is 106 Å². The molecular formula is C32H45NO3. The van der Waals surface area contributed by atoms with Gasteiger partial charge >= 0.3 is 0 Å². The van der Waals surface area contributed by atoms with Crippen LogP contribution in [0.4, 0.5) is 0 Å². The number of amides is 1.